The van der Waals surface area contributed by atoms with Crippen LogP contribution in [-0.2, 0) is 9.53 Å². The van der Waals surface area contributed by atoms with Crippen molar-refractivity contribution in [2.45, 2.75) is 32.0 Å². The molecule has 1 aliphatic heterocycles. The molecule has 0 saturated carbocycles. The monoisotopic (exact) mass is 340 g/mol. The minimum absolute atomic E-state index is 0.145. The van der Waals surface area contributed by atoms with Gasteiger partial charge in [0.25, 0.3) is 0 Å². The molecule has 0 aliphatic carbocycles. The van der Waals surface area contributed by atoms with Gasteiger partial charge in [-0.25, -0.2) is 4.79 Å². The van der Waals surface area contributed by atoms with Gasteiger partial charge in [-0.05, 0) is 49.6 Å². The van der Waals surface area contributed by atoms with Crippen LogP contribution < -0.4 is 4.74 Å². The summed E-state index contributed by atoms with van der Waals surface area (Å²) < 4.78 is 12.2. The van der Waals surface area contributed by atoms with Crippen molar-refractivity contribution in [1.82, 2.24) is 0 Å². The largest absolute Gasteiger partial charge is 0.491 e. The molecule has 1 aromatic rings. The predicted octanol–water partition coefficient (Wildman–Crippen LogP) is 3.49. The Balaban J connectivity index is 1.98. The summed E-state index contributed by atoms with van der Waals surface area (Å²) in [5.74, 6) is -0.266. The Morgan fingerprint density at radius 1 is 1.55 bits per heavy atom. The summed E-state index contributed by atoms with van der Waals surface area (Å²) in [5, 5.41) is 8.66. The van der Waals surface area contributed by atoms with Crippen LogP contribution in [0.5, 0.6) is 5.75 Å². The summed E-state index contributed by atoms with van der Waals surface area (Å²) in [5.41, 5.74) is 0.769. The quantitative estimate of drug-likeness (QED) is 0.833. The molecular weight excluding hydrogens is 324 g/mol. The SMILES string of the molecule is CC1CCC(COc2ccc(Br)c(/C=C/C(=O)O)c2)O1. The van der Waals surface area contributed by atoms with Gasteiger partial charge in [-0.3, -0.25) is 0 Å². The fraction of sp³-hybridized carbons (Fsp3) is 0.400. The summed E-state index contributed by atoms with van der Waals surface area (Å²) >= 11 is 3.38. The highest BCUT2D eigenvalue weighted by molar-refractivity contribution is 9.10. The lowest BCUT2D eigenvalue weighted by Crippen LogP contribution is -2.17. The number of hydrogen-bond donors (Lipinski definition) is 1. The van der Waals surface area contributed by atoms with Crippen LogP contribution in [0.4, 0.5) is 0 Å². The summed E-state index contributed by atoms with van der Waals surface area (Å²) in [6.45, 7) is 2.59. The van der Waals surface area contributed by atoms with Crippen molar-refractivity contribution in [2.75, 3.05) is 6.61 Å². The highest BCUT2D eigenvalue weighted by atomic mass is 79.9. The van der Waals surface area contributed by atoms with Crippen LogP contribution in [0.3, 0.4) is 0 Å². The maximum absolute atomic E-state index is 10.5. The molecule has 1 saturated heterocycles. The molecule has 108 valence electrons. The average molecular weight is 341 g/mol. The van der Waals surface area contributed by atoms with Crippen molar-refractivity contribution < 1.29 is 19.4 Å². The van der Waals surface area contributed by atoms with Gasteiger partial charge in [0.15, 0.2) is 0 Å². The molecule has 2 atom stereocenters. The van der Waals surface area contributed by atoms with Crippen molar-refractivity contribution in [2.24, 2.45) is 0 Å². The van der Waals surface area contributed by atoms with Crippen LogP contribution in [0, 0.1) is 0 Å². The number of benzene rings is 1. The lowest BCUT2D eigenvalue weighted by atomic mass is 10.2. The normalized spacial score (nSPS) is 22.3. The zero-order valence-corrected chi connectivity index (χ0v) is 12.8. The van der Waals surface area contributed by atoms with Gasteiger partial charge >= 0.3 is 5.97 Å². The number of aliphatic carboxylic acids is 1. The lowest BCUT2D eigenvalue weighted by molar-refractivity contribution is -0.131. The molecule has 0 bridgehead atoms. The summed E-state index contributed by atoms with van der Waals surface area (Å²) in [4.78, 5) is 10.5. The second-order valence-corrected chi connectivity index (χ2v) is 5.67. The Morgan fingerprint density at radius 3 is 3.00 bits per heavy atom. The third kappa shape index (κ3) is 4.35. The molecule has 20 heavy (non-hydrogen) atoms. The molecule has 1 N–H and O–H groups in total. The van der Waals surface area contributed by atoms with E-state index in [1.54, 1.807) is 0 Å². The molecule has 1 aliphatic rings. The third-order valence-electron chi connectivity index (χ3n) is 3.13. The number of carboxylic acids is 1. The molecule has 4 nitrogen and oxygen atoms in total. The molecule has 1 aromatic carbocycles. The van der Waals surface area contributed by atoms with Crippen molar-refractivity contribution in [1.29, 1.82) is 0 Å². The Morgan fingerprint density at radius 2 is 2.35 bits per heavy atom. The molecule has 1 heterocycles. The van der Waals surface area contributed by atoms with E-state index < -0.39 is 5.97 Å². The first-order valence-corrected chi connectivity index (χ1v) is 7.32. The Labute approximate surface area is 126 Å². The topological polar surface area (TPSA) is 55.8 Å². The minimum Gasteiger partial charge on any atom is -0.491 e. The van der Waals surface area contributed by atoms with E-state index in [0.717, 1.165) is 29.0 Å². The van der Waals surface area contributed by atoms with E-state index in [0.29, 0.717) is 18.5 Å². The molecule has 2 rings (SSSR count). The van der Waals surface area contributed by atoms with Crippen LogP contribution in [0.15, 0.2) is 28.7 Å². The van der Waals surface area contributed by atoms with E-state index >= 15 is 0 Å². The summed E-state index contributed by atoms with van der Waals surface area (Å²) in [7, 11) is 0. The van der Waals surface area contributed by atoms with Crippen LogP contribution in [0.1, 0.15) is 25.3 Å². The number of carboxylic acid groups (broad SMARTS) is 1. The van der Waals surface area contributed by atoms with E-state index in [9.17, 15) is 4.79 Å². The minimum atomic E-state index is -0.975. The van der Waals surface area contributed by atoms with Crippen LogP contribution in [0.25, 0.3) is 6.08 Å². The fourth-order valence-electron chi connectivity index (χ4n) is 2.10. The summed E-state index contributed by atoms with van der Waals surface area (Å²) in [6, 6.07) is 5.50. The predicted molar refractivity (Wildman–Crippen MR) is 79.9 cm³/mol. The van der Waals surface area contributed by atoms with Gasteiger partial charge in [0.1, 0.15) is 12.4 Å². The molecule has 5 heteroatoms. The van der Waals surface area contributed by atoms with E-state index in [-0.39, 0.29) is 6.10 Å². The van der Waals surface area contributed by atoms with Crippen molar-refractivity contribution in [3.63, 3.8) is 0 Å². The first kappa shape index (κ1) is 15.1. The van der Waals surface area contributed by atoms with E-state index in [1.165, 1.54) is 6.08 Å². The highest BCUT2D eigenvalue weighted by Gasteiger charge is 2.22. The first-order chi connectivity index (χ1) is 9.54. The molecule has 0 radical (unpaired) electrons. The lowest BCUT2D eigenvalue weighted by Gasteiger charge is -2.13. The molecular formula is C15H17BrO4. The Hall–Kier alpha value is -1.33. The number of halogens is 1. The Bertz CT molecular complexity index is 513. The zero-order chi connectivity index (χ0) is 14.5. The summed E-state index contributed by atoms with van der Waals surface area (Å²) in [6.07, 6.45) is 5.18. The standard InChI is InChI=1S/C15H17BrO4/c1-10-2-4-13(20-10)9-19-12-5-6-14(16)11(8-12)3-7-15(17)18/h3,5-8,10,13H,2,4,9H2,1H3,(H,17,18)/b7-3+. The van der Waals surface area contributed by atoms with Gasteiger partial charge in [-0.2, -0.15) is 0 Å². The maximum atomic E-state index is 10.5. The molecule has 1 fully saturated rings. The maximum Gasteiger partial charge on any atom is 0.328 e. The first-order valence-electron chi connectivity index (χ1n) is 6.53. The Kier molecular flexibility index (Phi) is 5.20. The van der Waals surface area contributed by atoms with Gasteiger partial charge < -0.3 is 14.6 Å². The molecule has 2 unspecified atom stereocenters. The third-order valence-corrected chi connectivity index (χ3v) is 3.85. The molecule has 0 amide bonds. The second kappa shape index (κ2) is 6.90. The van der Waals surface area contributed by atoms with Gasteiger partial charge in [0.05, 0.1) is 12.2 Å². The number of carbonyl (C=O) groups is 1. The van der Waals surface area contributed by atoms with E-state index in [2.05, 4.69) is 22.9 Å². The van der Waals surface area contributed by atoms with Gasteiger partial charge in [-0.15, -0.1) is 0 Å². The van der Waals surface area contributed by atoms with Crippen LogP contribution in [-0.4, -0.2) is 29.9 Å². The van der Waals surface area contributed by atoms with Crippen molar-refractivity contribution in [3.8, 4) is 5.75 Å². The highest BCUT2D eigenvalue weighted by Crippen LogP contribution is 2.25. The molecule has 0 aromatic heterocycles. The van der Waals surface area contributed by atoms with Gasteiger partial charge in [0, 0.05) is 10.5 Å². The van der Waals surface area contributed by atoms with E-state index in [4.69, 9.17) is 14.6 Å². The van der Waals surface area contributed by atoms with E-state index in [1.807, 2.05) is 18.2 Å². The fourth-order valence-corrected chi connectivity index (χ4v) is 2.48. The average Bonchev–Trinajstić information content (AvgIpc) is 2.82. The number of rotatable bonds is 5. The second-order valence-electron chi connectivity index (χ2n) is 4.81. The van der Waals surface area contributed by atoms with Crippen LogP contribution in [0.2, 0.25) is 0 Å². The molecule has 0 spiro atoms. The number of hydrogen-bond acceptors (Lipinski definition) is 3. The van der Waals surface area contributed by atoms with Gasteiger partial charge in [0.2, 0.25) is 0 Å². The zero-order valence-electron chi connectivity index (χ0n) is 11.2. The number of ether oxygens (including phenoxy) is 2. The van der Waals surface area contributed by atoms with Gasteiger partial charge in [-0.1, -0.05) is 15.9 Å². The van der Waals surface area contributed by atoms with Crippen LogP contribution >= 0.6 is 15.9 Å². The smallest absolute Gasteiger partial charge is 0.328 e. The van der Waals surface area contributed by atoms with Crippen molar-refractivity contribution >= 4 is 28.0 Å². The van der Waals surface area contributed by atoms with Crippen molar-refractivity contribution in [3.05, 3.63) is 34.3 Å².